The fourth-order valence-corrected chi connectivity index (χ4v) is 2.08. The van der Waals surface area contributed by atoms with Gasteiger partial charge in [0.1, 0.15) is 11.5 Å². The lowest BCUT2D eigenvalue weighted by Gasteiger charge is -2.09. The Bertz CT molecular complexity index is 626. The fourth-order valence-electron chi connectivity index (χ4n) is 1.37. The average Bonchev–Trinajstić information content (AvgIpc) is 2.33. The maximum absolute atomic E-state index is 13.0. The van der Waals surface area contributed by atoms with E-state index < -0.39 is 11.7 Å². The first-order valence-corrected chi connectivity index (χ1v) is 6.18. The molecule has 0 saturated carbocycles. The molecule has 0 saturated heterocycles. The molecule has 98 valence electrons. The Kier molecular flexibility index (Phi) is 4.24. The number of benzene rings is 1. The predicted molar refractivity (Wildman–Crippen MR) is 73.6 cm³/mol. The van der Waals surface area contributed by atoms with Crippen LogP contribution in [0.15, 0.2) is 30.5 Å². The molecular weight excluding hydrogens is 314 g/mol. The number of hydrogen-bond acceptors (Lipinski definition) is 2. The molecule has 0 unspecified atom stereocenters. The first-order valence-electron chi connectivity index (χ1n) is 5.05. The smallest absolute Gasteiger partial charge is 0.274 e. The van der Waals surface area contributed by atoms with Gasteiger partial charge in [0.15, 0.2) is 0 Å². The average molecular weight is 320 g/mol. The Morgan fingerprint density at radius 3 is 2.37 bits per heavy atom. The van der Waals surface area contributed by atoms with Gasteiger partial charge in [-0.05, 0) is 24.3 Å². The molecule has 0 spiro atoms. The molecule has 2 rings (SSSR count). The Morgan fingerprint density at radius 2 is 1.79 bits per heavy atom. The summed E-state index contributed by atoms with van der Waals surface area (Å²) in [6.07, 6.45) is 1.39. The van der Waals surface area contributed by atoms with Crippen LogP contribution in [-0.2, 0) is 0 Å². The molecule has 0 fully saturated rings. The number of carbonyl (C=O) groups excluding carboxylic acids is 1. The molecule has 0 aliphatic heterocycles. The van der Waals surface area contributed by atoms with Crippen molar-refractivity contribution in [1.82, 2.24) is 4.98 Å². The van der Waals surface area contributed by atoms with E-state index in [9.17, 15) is 9.18 Å². The van der Waals surface area contributed by atoms with Gasteiger partial charge in [-0.3, -0.25) is 9.78 Å². The number of aromatic nitrogens is 1. The second-order valence-corrected chi connectivity index (χ2v) is 4.81. The van der Waals surface area contributed by atoms with Crippen LogP contribution in [0.3, 0.4) is 0 Å². The van der Waals surface area contributed by atoms with Crippen LogP contribution < -0.4 is 5.32 Å². The maximum Gasteiger partial charge on any atom is 0.274 e. The summed E-state index contributed by atoms with van der Waals surface area (Å²) in [6.45, 7) is 0. The topological polar surface area (TPSA) is 42.0 Å². The lowest BCUT2D eigenvalue weighted by Crippen LogP contribution is -2.14. The van der Waals surface area contributed by atoms with Gasteiger partial charge < -0.3 is 5.32 Å². The van der Waals surface area contributed by atoms with Crippen molar-refractivity contribution in [3.63, 3.8) is 0 Å². The third-order valence-electron chi connectivity index (χ3n) is 2.20. The summed E-state index contributed by atoms with van der Waals surface area (Å²) in [6, 6.07) is 5.03. The molecule has 0 aliphatic rings. The lowest BCUT2D eigenvalue weighted by molar-refractivity contribution is 0.102. The minimum absolute atomic E-state index is 0.000350. The van der Waals surface area contributed by atoms with Gasteiger partial charge in [-0.2, -0.15) is 0 Å². The van der Waals surface area contributed by atoms with Crippen LogP contribution in [0.25, 0.3) is 0 Å². The predicted octanol–water partition coefficient (Wildman–Crippen LogP) is 4.43. The normalized spacial score (nSPS) is 10.3. The second-order valence-electron chi connectivity index (χ2n) is 3.56. The molecule has 7 heteroatoms. The van der Waals surface area contributed by atoms with Gasteiger partial charge in [0.2, 0.25) is 0 Å². The molecule has 1 N–H and O–H groups in total. The molecule has 2 aromatic rings. The minimum atomic E-state index is -0.589. The highest BCUT2D eigenvalue weighted by atomic mass is 35.5. The SMILES string of the molecule is O=C(Nc1c(Cl)cc(F)cc1Cl)c1cc(Cl)ccn1. The van der Waals surface area contributed by atoms with Crippen LogP contribution in [0.4, 0.5) is 10.1 Å². The monoisotopic (exact) mass is 318 g/mol. The van der Waals surface area contributed by atoms with E-state index in [4.69, 9.17) is 34.8 Å². The van der Waals surface area contributed by atoms with E-state index in [2.05, 4.69) is 10.3 Å². The highest BCUT2D eigenvalue weighted by Gasteiger charge is 2.14. The van der Waals surface area contributed by atoms with Gasteiger partial charge in [0.25, 0.3) is 5.91 Å². The first-order chi connectivity index (χ1) is 8.97. The molecule has 1 aromatic heterocycles. The molecule has 19 heavy (non-hydrogen) atoms. The lowest BCUT2D eigenvalue weighted by atomic mass is 10.2. The number of carbonyl (C=O) groups is 1. The molecule has 0 bridgehead atoms. The van der Waals surface area contributed by atoms with Crippen molar-refractivity contribution >= 4 is 46.4 Å². The molecular formula is C12H6Cl3FN2O. The van der Waals surface area contributed by atoms with Crippen LogP contribution >= 0.6 is 34.8 Å². The van der Waals surface area contributed by atoms with E-state index >= 15 is 0 Å². The number of rotatable bonds is 2. The Morgan fingerprint density at radius 1 is 1.16 bits per heavy atom. The van der Waals surface area contributed by atoms with Crippen LogP contribution in [0.5, 0.6) is 0 Å². The number of anilines is 1. The summed E-state index contributed by atoms with van der Waals surface area (Å²) in [5.41, 5.74) is 0.223. The summed E-state index contributed by atoms with van der Waals surface area (Å²) in [4.78, 5) is 15.8. The van der Waals surface area contributed by atoms with E-state index in [1.807, 2.05) is 0 Å². The summed E-state index contributed by atoms with van der Waals surface area (Å²) in [5.74, 6) is -1.13. The van der Waals surface area contributed by atoms with Gasteiger partial charge in [0, 0.05) is 11.2 Å². The Balaban J connectivity index is 2.29. The zero-order valence-electron chi connectivity index (χ0n) is 9.25. The van der Waals surface area contributed by atoms with Gasteiger partial charge in [-0.25, -0.2) is 4.39 Å². The summed E-state index contributed by atoms with van der Waals surface area (Å²) >= 11 is 17.4. The van der Waals surface area contributed by atoms with Gasteiger partial charge in [-0.15, -0.1) is 0 Å². The second kappa shape index (κ2) is 5.74. The van der Waals surface area contributed by atoms with Gasteiger partial charge in [-0.1, -0.05) is 34.8 Å². The first kappa shape index (κ1) is 14.1. The van der Waals surface area contributed by atoms with Crippen molar-refractivity contribution in [3.05, 3.63) is 57.0 Å². The number of nitrogens with zero attached hydrogens (tertiary/aromatic N) is 1. The largest absolute Gasteiger partial charge is 0.318 e. The molecule has 0 atom stereocenters. The van der Waals surface area contributed by atoms with Crippen LogP contribution in [0.1, 0.15) is 10.5 Å². The van der Waals surface area contributed by atoms with Crippen LogP contribution in [-0.4, -0.2) is 10.9 Å². The summed E-state index contributed by atoms with van der Waals surface area (Å²) < 4.78 is 13.0. The van der Waals surface area contributed by atoms with E-state index in [0.717, 1.165) is 12.1 Å². The highest BCUT2D eigenvalue weighted by Crippen LogP contribution is 2.31. The van der Waals surface area contributed by atoms with Crippen molar-refractivity contribution in [3.8, 4) is 0 Å². The third-order valence-corrected chi connectivity index (χ3v) is 3.03. The van der Waals surface area contributed by atoms with Crippen LogP contribution in [0, 0.1) is 5.82 Å². The Labute approximate surface area is 123 Å². The number of amides is 1. The standard InChI is InChI=1S/C12H6Cl3FN2O/c13-6-1-2-17-10(3-6)12(19)18-11-8(14)4-7(16)5-9(11)15/h1-5H,(H,18,19). The van der Waals surface area contributed by atoms with E-state index in [-0.39, 0.29) is 21.4 Å². The van der Waals surface area contributed by atoms with Crippen molar-refractivity contribution < 1.29 is 9.18 Å². The van der Waals surface area contributed by atoms with Crippen molar-refractivity contribution in [2.75, 3.05) is 5.32 Å². The van der Waals surface area contributed by atoms with Crippen LogP contribution in [0.2, 0.25) is 15.1 Å². The van der Waals surface area contributed by atoms with Gasteiger partial charge in [0.05, 0.1) is 15.7 Å². The fraction of sp³-hybridized carbons (Fsp3) is 0. The highest BCUT2D eigenvalue weighted by molar-refractivity contribution is 6.40. The summed E-state index contributed by atoms with van der Waals surface area (Å²) in [5, 5.41) is 2.83. The number of pyridine rings is 1. The molecule has 0 radical (unpaired) electrons. The Hall–Kier alpha value is -1.36. The van der Waals surface area contributed by atoms with Gasteiger partial charge >= 0.3 is 0 Å². The molecule has 3 nitrogen and oxygen atoms in total. The molecule has 0 aliphatic carbocycles. The molecule has 1 amide bonds. The molecule has 1 aromatic carbocycles. The minimum Gasteiger partial charge on any atom is -0.318 e. The maximum atomic E-state index is 13.0. The molecule has 1 heterocycles. The van der Waals surface area contributed by atoms with Crippen molar-refractivity contribution in [2.24, 2.45) is 0 Å². The summed E-state index contributed by atoms with van der Waals surface area (Å²) in [7, 11) is 0. The number of hydrogen-bond donors (Lipinski definition) is 1. The number of nitrogens with one attached hydrogen (secondary N) is 1. The van der Waals surface area contributed by atoms with E-state index in [0.29, 0.717) is 5.02 Å². The quantitative estimate of drug-likeness (QED) is 0.889. The van der Waals surface area contributed by atoms with Crippen molar-refractivity contribution in [1.29, 1.82) is 0 Å². The van der Waals surface area contributed by atoms with E-state index in [1.54, 1.807) is 0 Å². The zero-order valence-corrected chi connectivity index (χ0v) is 11.5. The zero-order chi connectivity index (χ0) is 14.0. The number of halogens is 4. The van der Waals surface area contributed by atoms with E-state index in [1.165, 1.54) is 18.3 Å². The third kappa shape index (κ3) is 3.35. The van der Waals surface area contributed by atoms with Crippen molar-refractivity contribution in [2.45, 2.75) is 0 Å².